The number of halogens is 1. The van der Waals surface area contributed by atoms with Crippen LogP contribution in [0.15, 0.2) is 30.5 Å². The fourth-order valence-electron chi connectivity index (χ4n) is 2.25. The van der Waals surface area contributed by atoms with Crippen molar-refractivity contribution >= 4 is 23.4 Å². The number of carbonyl (C=O) groups excluding carboxylic acids is 1. The average molecular weight is 292 g/mol. The van der Waals surface area contributed by atoms with Crippen LogP contribution in [0.25, 0.3) is 0 Å². The number of aryl methyl sites for hydroxylation is 2. The van der Waals surface area contributed by atoms with E-state index in [1.807, 2.05) is 0 Å². The summed E-state index contributed by atoms with van der Waals surface area (Å²) in [7, 11) is 1.74. The minimum atomic E-state index is -0.962. The van der Waals surface area contributed by atoms with Crippen LogP contribution in [-0.4, -0.2) is 21.4 Å². The average Bonchev–Trinajstić information content (AvgIpc) is 2.64. The van der Waals surface area contributed by atoms with Gasteiger partial charge in [-0.1, -0.05) is 11.6 Å². The number of hydrogen-bond donors (Lipinski definition) is 1. The second-order valence-corrected chi connectivity index (χ2v) is 5.09. The Labute approximate surface area is 121 Å². The maximum absolute atomic E-state index is 12.5. The number of hydrogen-bond acceptors (Lipinski definition) is 2. The van der Waals surface area contributed by atoms with Crippen LogP contribution in [0.2, 0.25) is 5.02 Å². The molecule has 20 heavy (non-hydrogen) atoms. The number of aromatic nitrogens is 1. The minimum absolute atomic E-state index is 0.182. The summed E-state index contributed by atoms with van der Waals surface area (Å²) in [6.45, 7) is 1.80. The van der Waals surface area contributed by atoms with Crippen molar-refractivity contribution in [3.8, 4) is 0 Å². The molecule has 0 fully saturated rings. The Morgan fingerprint density at radius 2 is 1.85 bits per heavy atom. The Morgan fingerprint density at radius 3 is 2.40 bits per heavy atom. The number of carboxylic acids is 1. The first kappa shape index (κ1) is 14.3. The van der Waals surface area contributed by atoms with Gasteiger partial charge >= 0.3 is 5.97 Å². The van der Waals surface area contributed by atoms with E-state index in [1.165, 1.54) is 0 Å². The number of benzene rings is 1. The first-order valence-corrected chi connectivity index (χ1v) is 6.44. The summed E-state index contributed by atoms with van der Waals surface area (Å²) in [5.41, 5.74) is 2.23. The molecule has 0 aliphatic carbocycles. The molecular formula is C15H14ClNO3. The summed E-state index contributed by atoms with van der Waals surface area (Å²) < 4.78 is 1.69. The van der Waals surface area contributed by atoms with Gasteiger partial charge in [-0.25, -0.2) is 0 Å². The Balaban J connectivity index is 2.48. The van der Waals surface area contributed by atoms with Crippen molar-refractivity contribution in [3.05, 3.63) is 57.9 Å². The first-order chi connectivity index (χ1) is 9.40. The van der Waals surface area contributed by atoms with Crippen LogP contribution in [0, 0.1) is 6.92 Å². The summed E-state index contributed by atoms with van der Waals surface area (Å²) in [5.74, 6) is -1.15. The molecule has 1 aromatic heterocycles. The molecule has 1 N–H and O–H groups in total. The summed E-state index contributed by atoms with van der Waals surface area (Å²) in [6.07, 6.45) is 1.58. The van der Waals surface area contributed by atoms with Gasteiger partial charge in [-0.2, -0.15) is 0 Å². The maximum atomic E-state index is 12.5. The van der Waals surface area contributed by atoms with Gasteiger partial charge in [-0.15, -0.1) is 0 Å². The van der Waals surface area contributed by atoms with E-state index >= 15 is 0 Å². The van der Waals surface area contributed by atoms with Crippen molar-refractivity contribution in [1.82, 2.24) is 4.57 Å². The van der Waals surface area contributed by atoms with Gasteiger partial charge in [0.2, 0.25) is 0 Å². The van der Waals surface area contributed by atoms with E-state index in [0.29, 0.717) is 21.8 Å². The molecule has 0 aliphatic heterocycles. The van der Waals surface area contributed by atoms with Crippen LogP contribution in [0.4, 0.5) is 0 Å². The number of nitrogens with zero attached hydrogens (tertiary/aromatic N) is 1. The molecular weight excluding hydrogens is 278 g/mol. The molecule has 0 radical (unpaired) electrons. The summed E-state index contributed by atoms with van der Waals surface area (Å²) >= 11 is 5.80. The summed E-state index contributed by atoms with van der Waals surface area (Å²) in [6, 6.07) is 6.57. The van der Waals surface area contributed by atoms with Gasteiger partial charge in [0, 0.05) is 35.1 Å². The van der Waals surface area contributed by atoms with Crippen LogP contribution in [0.5, 0.6) is 0 Å². The Bertz CT molecular complexity index is 671. The maximum Gasteiger partial charge on any atom is 0.309 e. The van der Waals surface area contributed by atoms with Gasteiger partial charge in [0.15, 0.2) is 5.78 Å². The second-order valence-electron chi connectivity index (χ2n) is 4.65. The minimum Gasteiger partial charge on any atom is -0.481 e. The highest BCUT2D eigenvalue weighted by Crippen LogP contribution is 2.22. The zero-order valence-electron chi connectivity index (χ0n) is 11.2. The Hall–Kier alpha value is -2.07. The molecule has 2 aromatic rings. The van der Waals surface area contributed by atoms with Gasteiger partial charge in [0.1, 0.15) is 0 Å². The van der Waals surface area contributed by atoms with Gasteiger partial charge in [-0.3, -0.25) is 9.59 Å². The van der Waals surface area contributed by atoms with Crippen molar-refractivity contribution in [2.45, 2.75) is 13.3 Å². The fourth-order valence-corrected chi connectivity index (χ4v) is 2.37. The molecule has 0 saturated carbocycles. The molecule has 5 heteroatoms. The molecule has 0 aliphatic rings. The Morgan fingerprint density at radius 1 is 1.25 bits per heavy atom. The van der Waals surface area contributed by atoms with Crippen LogP contribution in [0.3, 0.4) is 0 Å². The standard InChI is InChI=1S/C15H14ClNO3/c1-9-8-17(2)12(7-13(18)19)14(9)15(20)10-3-5-11(16)6-4-10/h3-6,8H,7H2,1-2H3,(H,18,19). The molecule has 0 saturated heterocycles. The number of carboxylic acid groups (broad SMARTS) is 1. The predicted octanol–water partition coefficient (Wildman–Crippen LogP) is 2.85. The van der Waals surface area contributed by atoms with E-state index in [9.17, 15) is 9.59 Å². The zero-order valence-corrected chi connectivity index (χ0v) is 11.9. The van der Waals surface area contributed by atoms with Gasteiger partial charge in [-0.05, 0) is 36.8 Å². The van der Waals surface area contributed by atoms with Crippen molar-refractivity contribution < 1.29 is 14.7 Å². The lowest BCUT2D eigenvalue weighted by atomic mass is 9.99. The SMILES string of the molecule is Cc1cn(C)c(CC(=O)O)c1C(=O)c1ccc(Cl)cc1. The van der Waals surface area contributed by atoms with Gasteiger partial charge in [0.05, 0.1) is 6.42 Å². The fraction of sp³-hybridized carbons (Fsp3) is 0.200. The molecule has 0 unspecified atom stereocenters. The lowest BCUT2D eigenvalue weighted by molar-refractivity contribution is -0.136. The highest BCUT2D eigenvalue weighted by molar-refractivity contribution is 6.30. The van der Waals surface area contributed by atoms with Gasteiger partial charge < -0.3 is 9.67 Å². The largest absolute Gasteiger partial charge is 0.481 e. The Kier molecular flexibility index (Phi) is 3.95. The van der Waals surface area contributed by atoms with E-state index in [-0.39, 0.29) is 12.2 Å². The monoisotopic (exact) mass is 291 g/mol. The highest BCUT2D eigenvalue weighted by Gasteiger charge is 2.21. The summed E-state index contributed by atoms with van der Waals surface area (Å²) in [5, 5.41) is 9.52. The van der Waals surface area contributed by atoms with Crippen molar-refractivity contribution in [3.63, 3.8) is 0 Å². The molecule has 104 valence electrons. The quantitative estimate of drug-likeness (QED) is 0.881. The molecule has 0 atom stereocenters. The van der Waals surface area contributed by atoms with Crippen LogP contribution >= 0.6 is 11.6 Å². The van der Waals surface area contributed by atoms with Crippen molar-refractivity contribution in [2.75, 3.05) is 0 Å². The topological polar surface area (TPSA) is 59.3 Å². The number of ketones is 1. The lowest BCUT2D eigenvalue weighted by Crippen LogP contribution is -2.11. The third-order valence-electron chi connectivity index (χ3n) is 3.15. The van der Waals surface area contributed by atoms with E-state index in [4.69, 9.17) is 16.7 Å². The van der Waals surface area contributed by atoms with E-state index in [0.717, 1.165) is 5.56 Å². The third kappa shape index (κ3) is 2.75. The first-order valence-electron chi connectivity index (χ1n) is 6.07. The van der Waals surface area contributed by atoms with Crippen LogP contribution in [0.1, 0.15) is 27.2 Å². The molecule has 1 aromatic carbocycles. The smallest absolute Gasteiger partial charge is 0.309 e. The molecule has 4 nitrogen and oxygen atoms in total. The van der Waals surface area contributed by atoms with E-state index in [2.05, 4.69) is 0 Å². The molecule has 0 spiro atoms. The summed E-state index contributed by atoms with van der Waals surface area (Å²) in [4.78, 5) is 23.5. The molecule has 1 heterocycles. The molecule has 2 rings (SSSR count). The number of aliphatic carboxylic acids is 1. The third-order valence-corrected chi connectivity index (χ3v) is 3.40. The lowest BCUT2D eigenvalue weighted by Gasteiger charge is -2.06. The van der Waals surface area contributed by atoms with E-state index < -0.39 is 5.97 Å². The zero-order chi connectivity index (χ0) is 14.9. The highest BCUT2D eigenvalue weighted by atomic mass is 35.5. The molecule has 0 amide bonds. The van der Waals surface area contributed by atoms with Crippen LogP contribution < -0.4 is 0 Å². The van der Waals surface area contributed by atoms with E-state index in [1.54, 1.807) is 49.0 Å². The number of rotatable bonds is 4. The molecule has 0 bridgehead atoms. The van der Waals surface area contributed by atoms with Gasteiger partial charge in [0.25, 0.3) is 0 Å². The second kappa shape index (κ2) is 5.51. The van der Waals surface area contributed by atoms with Crippen LogP contribution in [-0.2, 0) is 18.3 Å². The normalized spacial score (nSPS) is 10.6. The van der Waals surface area contributed by atoms with Crippen molar-refractivity contribution in [1.29, 1.82) is 0 Å². The number of carbonyl (C=O) groups is 2. The predicted molar refractivity (Wildman–Crippen MR) is 76.4 cm³/mol. The van der Waals surface area contributed by atoms with Crippen molar-refractivity contribution in [2.24, 2.45) is 7.05 Å².